The SMILES string of the molecule is CC1CCC2C(=O)OC(=O)C2C1[N+](=O)[O-]. The summed E-state index contributed by atoms with van der Waals surface area (Å²) in [6.07, 6.45) is 1.11. The van der Waals surface area contributed by atoms with Crippen LogP contribution in [0.5, 0.6) is 0 Å². The first kappa shape index (κ1) is 10.1. The molecule has 2 fully saturated rings. The van der Waals surface area contributed by atoms with Gasteiger partial charge in [0.1, 0.15) is 5.92 Å². The molecule has 2 rings (SSSR count). The maximum Gasteiger partial charge on any atom is 0.324 e. The smallest absolute Gasteiger partial charge is 0.324 e. The number of hydrogen-bond acceptors (Lipinski definition) is 5. The molecular formula is C9H11NO5. The second-order valence-electron chi connectivity index (χ2n) is 4.20. The molecule has 0 aromatic rings. The average Bonchev–Trinajstić information content (AvgIpc) is 2.41. The summed E-state index contributed by atoms with van der Waals surface area (Å²) in [5.74, 6) is -2.96. The number of esters is 2. The number of rotatable bonds is 1. The first-order chi connectivity index (χ1) is 7.02. The molecule has 0 amide bonds. The first-order valence-corrected chi connectivity index (χ1v) is 4.91. The molecular weight excluding hydrogens is 202 g/mol. The van der Waals surface area contributed by atoms with Crippen LogP contribution in [0.3, 0.4) is 0 Å². The third-order valence-corrected chi connectivity index (χ3v) is 3.34. The summed E-state index contributed by atoms with van der Waals surface area (Å²) in [7, 11) is 0. The molecule has 1 heterocycles. The van der Waals surface area contributed by atoms with Crippen molar-refractivity contribution in [2.75, 3.05) is 0 Å². The zero-order valence-electron chi connectivity index (χ0n) is 8.21. The van der Waals surface area contributed by atoms with Gasteiger partial charge in [0.15, 0.2) is 0 Å². The lowest BCUT2D eigenvalue weighted by Crippen LogP contribution is -2.44. The highest BCUT2D eigenvalue weighted by atomic mass is 16.6. The van der Waals surface area contributed by atoms with E-state index < -0.39 is 34.7 Å². The molecule has 4 atom stereocenters. The lowest BCUT2D eigenvalue weighted by molar-refractivity contribution is -0.542. The standard InChI is InChI=1S/C9H11NO5/c1-4-2-3-5-6(7(4)10(13)14)9(12)15-8(5)11/h4-7H,2-3H2,1H3. The molecule has 15 heavy (non-hydrogen) atoms. The Morgan fingerprint density at radius 1 is 1.33 bits per heavy atom. The molecule has 1 aliphatic carbocycles. The number of hydrogen-bond donors (Lipinski definition) is 0. The summed E-state index contributed by atoms with van der Waals surface area (Å²) in [4.78, 5) is 32.9. The monoisotopic (exact) mass is 213 g/mol. The molecule has 4 unspecified atom stereocenters. The van der Waals surface area contributed by atoms with Crippen molar-refractivity contribution in [3.05, 3.63) is 10.1 Å². The normalized spacial score (nSPS) is 39.8. The van der Waals surface area contributed by atoms with Crippen molar-refractivity contribution in [2.45, 2.75) is 25.8 Å². The average molecular weight is 213 g/mol. The Hall–Kier alpha value is -1.46. The zero-order chi connectivity index (χ0) is 11.2. The molecule has 0 radical (unpaired) electrons. The fourth-order valence-corrected chi connectivity index (χ4v) is 2.53. The van der Waals surface area contributed by atoms with E-state index >= 15 is 0 Å². The molecule has 2 aliphatic rings. The Balaban J connectivity index is 2.32. The van der Waals surface area contributed by atoms with Gasteiger partial charge in [0, 0.05) is 10.8 Å². The van der Waals surface area contributed by atoms with Crippen LogP contribution >= 0.6 is 0 Å². The Morgan fingerprint density at radius 2 is 2.00 bits per heavy atom. The fourth-order valence-electron chi connectivity index (χ4n) is 2.53. The predicted molar refractivity (Wildman–Crippen MR) is 47.3 cm³/mol. The number of carbonyl (C=O) groups is 2. The van der Waals surface area contributed by atoms with E-state index in [0.717, 1.165) is 0 Å². The van der Waals surface area contributed by atoms with Crippen LogP contribution in [-0.2, 0) is 14.3 Å². The Bertz CT molecular complexity index is 339. The molecule has 0 N–H and O–H groups in total. The van der Waals surface area contributed by atoms with Gasteiger partial charge in [0.25, 0.3) is 0 Å². The lowest BCUT2D eigenvalue weighted by Gasteiger charge is -2.28. The van der Waals surface area contributed by atoms with Gasteiger partial charge in [0.2, 0.25) is 6.04 Å². The van der Waals surface area contributed by atoms with E-state index in [0.29, 0.717) is 12.8 Å². The van der Waals surface area contributed by atoms with E-state index in [1.807, 2.05) is 0 Å². The minimum Gasteiger partial charge on any atom is -0.392 e. The minimum absolute atomic E-state index is 0.181. The Labute approximate surface area is 85.7 Å². The first-order valence-electron chi connectivity index (χ1n) is 4.91. The maximum absolute atomic E-state index is 11.3. The summed E-state index contributed by atoms with van der Waals surface area (Å²) < 4.78 is 4.45. The van der Waals surface area contributed by atoms with Gasteiger partial charge in [-0.15, -0.1) is 0 Å². The van der Waals surface area contributed by atoms with Gasteiger partial charge in [-0.1, -0.05) is 6.92 Å². The van der Waals surface area contributed by atoms with Crippen molar-refractivity contribution in [3.63, 3.8) is 0 Å². The van der Waals surface area contributed by atoms with Crippen molar-refractivity contribution in [1.82, 2.24) is 0 Å². The number of carbonyl (C=O) groups excluding carboxylic acids is 2. The molecule has 0 spiro atoms. The predicted octanol–water partition coefficient (Wildman–Crippen LogP) is 0.377. The highest BCUT2D eigenvalue weighted by Gasteiger charge is 2.57. The molecule has 1 saturated carbocycles. The van der Waals surface area contributed by atoms with Crippen molar-refractivity contribution >= 4 is 11.9 Å². The number of nitrogens with zero attached hydrogens (tertiary/aromatic N) is 1. The van der Waals surface area contributed by atoms with E-state index in [2.05, 4.69) is 4.74 Å². The van der Waals surface area contributed by atoms with E-state index in [9.17, 15) is 19.7 Å². The largest absolute Gasteiger partial charge is 0.392 e. The van der Waals surface area contributed by atoms with Gasteiger partial charge in [-0.05, 0) is 12.8 Å². The molecule has 1 aliphatic heterocycles. The van der Waals surface area contributed by atoms with Gasteiger partial charge in [-0.2, -0.15) is 0 Å². The molecule has 6 nitrogen and oxygen atoms in total. The third kappa shape index (κ3) is 1.40. The summed E-state index contributed by atoms with van der Waals surface area (Å²) in [6.45, 7) is 1.74. The van der Waals surface area contributed by atoms with Gasteiger partial charge in [-0.3, -0.25) is 19.7 Å². The zero-order valence-corrected chi connectivity index (χ0v) is 8.21. The van der Waals surface area contributed by atoms with E-state index in [1.54, 1.807) is 6.92 Å². The van der Waals surface area contributed by atoms with Crippen molar-refractivity contribution in [1.29, 1.82) is 0 Å². The molecule has 82 valence electrons. The van der Waals surface area contributed by atoms with Crippen LogP contribution in [0, 0.1) is 27.9 Å². The minimum atomic E-state index is -0.970. The van der Waals surface area contributed by atoms with Crippen LogP contribution in [0.25, 0.3) is 0 Å². The van der Waals surface area contributed by atoms with E-state index in [4.69, 9.17) is 0 Å². The summed E-state index contributed by atoms with van der Waals surface area (Å²) in [5.41, 5.74) is 0. The second-order valence-corrected chi connectivity index (χ2v) is 4.20. The van der Waals surface area contributed by atoms with Crippen LogP contribution in [0.2, 0.25) is 0 Å². The van der Waals surface area contributed by atoms with E-state index in [1.165, 1.54) is 0 Å². The molecule has 6 heteroatoms. The lowest BCUT2D eigenvalue weighted by atomic mass is 9.72. The Kier molecular flexibility index (Phi) is 2.21. The number of fused-ring (bicyclic) bond motifs is 1. The highest BCUT2D eigenvalue weighted by molar-refractivity contribution is 5.97. The molecule has 0 bridgehead atoms. The number of cyclic esters (lactones) is 2. The summed E-state index contributed by atoms with van der Waals surface area (Å²) in [6, 6.07) is -0.970. The fraction of sp³-hybridized carbons (Fsp3) is 0.778. The second kappa shape index (κ2) is 3.29. The molecule has 0 aromatic carbocycles. The third-order valence-electron chi connectivity index (χ3n) is 3.34. The van der Waals surface area contributed by atoms with Crippen molar-refractivity contribution < 1.29 is 19.2 Å². The molecule has 1 saturated heterocycles. The van der Waals surface area contributed by atoms with Crippen molar-refractivity contribution in [3.8, 4) is 0 Å². The van der Waals surface area contributed by atoms with Crippen LogP contribution in [0.1, 0.15) is 19.8 Å². The van der Waals surface area contributed by atoms with Gasteiger partial charge in [-0.25, -0.2) is 0 Å². The maximum atomic E-state index is 11.3. The quantitative estimate of drug-likeness (QED) is 0.272. The summed E-state index contributed by atoms with van der Waals surface area (Å²) >= 11 is 0. The summed E-state index contributed by atoms with van der Waals surface area (Å²) in [5, 5.41) is 10.8. The molecule has 0 aromatic heterocycles. The van der Waals surface area contributed by atoms with Gasteiger partial charge < -0.3 is 4.74 Å². The van der Waals surface area contributed by atoms with Crippen LogP contribution in [0.4, 0.5) is 0 Å². The van der Waals surface area contributed by atoms with Crippen LogP contribution < -0.4 is 0 Å². The van der Waals surface area contributed by atoms with E-state index in [-0.39, 0.29) is 5.92 Å². The Morgan fingerprint density at radius 3 is 2.60 bits per heavy atom. The van der Waals surface area contributed by atoms with Crippen LogP contribution in [-0.4, -0.2) is 22.9 Å². The van der Waals surface area contributed by atoms with Gasteiger partial charge in [0.05, 0.1) is 5.92 Å². The van der Waals surface area contributed by atoms with Gasteiger partial charge >= 0.3 is 11.9 Å². The highest BCUT2D eigenvalue weighted by Crippen LogP contribution is 2.40. The topological polar surface area (TPSA) is 86.5 Å². The number of ether oxygens (including phenoxy) is 1. The van der Waals surface area contributed by atoms with Crippen molar-refractivity contribution in [2.24, 2.45) is 17.8 Å². The van der Waals surface area contributed by atoms with Crippen LogP contribution in [0.15, 0.2) is 0 Å². The number of nitro groups is 1.